The minimum absolute atomic E-state index is 0. The number of nitrogens with two attached hydrogens (primary N) is 1. The smallest absolute Gasteiger partial charge is 0.255 e. The van der Waals surface area contributed by atoms with Gasteiger partial charge in [-0.25, -0.2) is 0 Å². The third-order valence-corrected chi connectivity index (χ3v) is 3.73. The van der Waals surface area contributed by atoms with E-state index in [-0.39, 0.29) is 24.4 Å². The standard InChI is InChI=1S/C12H14BrClN2O.ClH/c13-8-3-4-11(14)10(6-8)12(17)16-5-1-2-9(15)7-16;/h3-4,6,9H,1-2,5,7,15H2;1H. The van der Waals surface area contributed by atoms with Crippen molar-refractivity contribution in [2.75, 3.05) is 13.1 Å². The second kappa shape index (κ2) is 6.75. The zero-order valence-electron chi connectivity index (χ0n) is 9.73. The van der Waals surface area contributed by atoms with Gasteiger partial charge in [-0.15, -0.1) is 12.4 Å². The van der Waals surface area contributed by atoms with Gasteiger partial charge in [-0.2, -0.15) is 0 Å². The maximum absolute atomic E-state index is 12.3. The minimum Gasteiger partial charge on any atom is -0.337 e. The molecule has 1 aromatic carbocycles. The first-order chi connectivity index (χ1) is 8.08. The third-order valence-electron chi connectivity index (χ3n) is 2.90. The monoisotopic (exact) mass is 352 g/mol. The summed E-state index contributed by atoms with van der Waals surface area (Å²) in [6.07, 6.45) is 1.94. The molecule has 0 aliphatic carbocycles. The fraction of sp³-hybridized carbons (Fsp3) is 0.417. The van der Waals surface area contributed by atoms with E-state index >= 15 is 0 Å². The Kier molecular flexibility index (Phi) is 5.92. The molecule has 0 saturated carbocycles. The fourth-order valence-electron chi connectivity index (χ4n) is 2.03. The lowest BCUT2D eigenvalue weighted by Gasteiger charge is -2.31. The summed E-state index contributed by atoms with van der Waals surface area (Å²) in [4.78, 5) is 14.1. The second-order valence-corrected chi connectivity index (χ2v) is 5.60. The summed E-state index contributed by atoms with van der Waals surface area (Å²) in [6.45, 7) is 1.37. The van der Waals surface area contributed by atoms with Crippen molar-refractivity contribution < 1.29 is 4.79 Å². The molecule has 1 atom stereocenters. The molecule has 2 rings (SSSR count). The van der Waals surface area contributed by atoms with Crippen LogP contribution in [0, 0.1) is 0 Å². The molecule has 0 spiro atoms. The van der Waals surface area contributed by atoms with Gasteiger partial charge < -0.3 is 10.6 Å². The van der Waals surface area contributed by atoms with Crippen LogP contribution in [0.4, 0.5) is 0 Å². The number of amides is 1. The zero-order valence-corrected chi connectivity index (χ0v) is 12.9. The van der Waals surface area contributed by atoms with E-state index in [2.05, 4.69) is 15.9 Å². The Balaban J connectivity index is 0.00000162. The molecule has 0 aromatic heterocycles. The van der Waals surface area contributed by atoms with E-state index < -0.39 is 0 Å². The average Bonchev–Trinajstić information content (AvgIpc) is 2.31. The molecule has 1 amide bonds. The summed E-state index contributed by atoms with van der Waals surface area (Å²) in [7, 11) is 0. The van der Waals surface area contributed by atoms with Crippen LogP contribution in [0.1, 0.15) is 23.2 Å². The number of piperidine rings is 1. The first kappa shape index (κ1) is 15.8. The van der Waals surface area contributed by atoms with Gasteiger partial charge in [0.15, 0.2) is 0 Å². The van der Waals surface area contributed by atoms with Gasteiger partial charge >= 0.3 is 0 Å². The van der Waals surface area contributed by atoms with Crippen LogP contribution in [0.3, 0.4) is 0 Å². The van der Waals surface area contributed by atoms with E-state index in [1.165, 1.54) is 0 Å². The van der Waals surface area contributed by atoms with Crippen molar-refractivity contribution in [1.29, 1.82) is 0 Å². The molecule has 1 fully saturated rings. The van der Waals surface area contributed by atoms with Crippen molar-refractivity contribution in [3.63, 3.8) is 0 Å². The average molecular weight is 354 g/mol. The number of halogens is 3. The normalized spacial score (nSPS) is 19.3. The molecule has 0 bridgehead atoms. The van der Waals surface area contributed by atoms with Crippen molar-refractivity contribution in [1.82, 2.24) is 4.90 Å². The van der Waals surface area contributed by atoms with Crippen LogP contribution in [0.25, 0.3) is 0 Å². The molecule has 1 saturated heterocycles. The van der Waals surface area contributed by atoms with Gasteiger partial charge in [0, 0.05) is 23.6 Å². The second-order valence-electron chi connectivity index (χ2n) is 4.28. The number of hydrogen-bond acceptors (Lipinski definition) is 2. The van der Waals surface area contributed by atoms with E-state index in [0.717, 1.165) is 23.9 Å². The van der Waals surface area contributed by atoms with Gasteiger partial charge in [-0.1, -0.05) is 27.5 Å². The molecule has 18 heavy (non-hydrogen) atoms. The van der Waals surface area contributed by atoms with E-state index in [9.17, 15) is 4.79 Å². The van der Waals surface area contributed by atoms with Gasteiger partial charge in [-0.3, -0.25) is 4.79 Å². The van der Waals surface area contributed by atoms with E-state index in [4.69, 9.17) is 17.3 Å². The van der Waals surface area contributed by atoms with Gasteiger partial charge in [0.05, 0.1) is 10.6 Å². The molecule has 1 aliphatic rings. The number of likely N-dealkylation sites (tertiary alicyclic amines) is 1. The predicted molar refractivity (Wildman–Crippen MR) is 79.5 cm³/mol. The van der Waals surface area contributed by atoms with Crippen molar-refractivity contribution in [3.05, 3.63) is 33.3 Å². The van der Waals surface area contributed by atoms with Crippen LogP contribution in [0.5, 0.6) is 0 Å². The third kappa shape index (κ3) is 3.60. The maximum Gasteiger partial charge on any atom is 0.255 e. The number of hydrogen-bond donors (Lipinski definition) is 1. The van der Waals surface area contributed by atoms with Crippen LogP contribution in [0.15, 0.2) is 22.7 Å². The minimum atomic E-state index is -0.0357. The van der Waals surface area contributed by atoms with Crippen molar-refractivity contribution in [2.24, 2.45) is 5.73 Å². The molecule has 1 aliphatic heterocycles. The lowest BCUT2D eigenvalue weighted by atomic mass is 10.1. The highest BCUT2D eigenvalue weighted by Crippen LogP contribution is 2.23. The van der Waals surface area contributed by atoms with Crippen LogP contribution in [-0.4, -0.2) is 29.9 Å². The Morgan fingerprint density at radius 1 is 1.50 bits per heavy atom. The zero-order chi connectivity index (χ0) is 12.4. The summed E-state index contributed by atoms with van der Waals surface area (Å²) in [6, 6.07) is 5.38. The van der Waals surface area contributed by atoms with Crippen molar-refractivity contribution >= 4 is 45.8 Å². The van der Waals surface area contributed by atoms with Gasteiger partial charge in [0.25, 0.3) is 5.91 Å². The molecule has 1 heterocycles. The predicted octanol–water partition coefficient (Wildman–Crippen LogP) is 3.09. The lowest BCUT2D eigenvalue weighted by molar-refractivity contribution is 0.0709. The van der Waals surface area contributed by atoms with Crippen LogP contribution >= 0.6 is 39.9 Å². The Morgan fingerprint density at radius 3 is 2.89 bits per heavy atom. The number of nitrogens with zero attached hydrogens (tertiary/aromatic N) is 1. The number of rotatable bonds is 1. The van der Waals surface area contributed by atoms with Crippen LogP contribution in [-0.2, 0) is 0 Å². The summed E-state index contributed by atoms with van der Waals surface area (Å²) < 4.78 is 0.853. The lowest BCUT2D eigenvalue weighted by Crippen LogP contribution is -2.45. The highest BCUT2D eigenvalue weighted by atomic mass is 79.9. The number of benzene rings is 1. The molecular weight excluding hydrogens is 339 g/mol. The molecule has 1 aromatic rings. The molecule has 3 nitrogen and oxygen atoms in total. The van der Waals surface area contributed by atoms with Gasteiger partial charge in [0.2, 0.25) is 0 Å². The van der Waals surface area contributed by atoms with Crippen LogP contribution in [0.2, 0.25) is 5.02 Å². The summed E-state index contributed by atoms with van der Waals surface area (Å²) in [5.41, 5.74) is 6.41. The Hall–Kier alpha value is -0.290. The largest absolute Gasteiger partial charge is 0.337 e. The Labute approximate surface area is 126 Å². The fourth-order valence-corrected chi connectivity index (χ4v) is 2.59. The SMILES string of the molecule is Cl.NC1CCCN(C(=O)c2cc(Br)ccc2Cl)C1. The molecule has 2 N–H and O–H groups in total. The van der Waals surface area contributed by atoms with Crippen molar-refractivity contribution in [2.45, 2.75) is 18.9 Å². The molecule has 100 valence electrons. The highest BCUT2D eigenvalue weighted by molar-refractivity contribution is 9.10. The van der Waals surface area contributed by atoms with E-state index in [1.54, 1.807) is 17.0 Å². The van der Waals surface area contributed by atoms with Gasteiger partial charge in [-0.05, 0) is 31.0 Å². The molecule has 1 unspecified atom stereocenters. The number of carbonyl (C=O) groups is 1. The van der Waals surface area contributed by atoms with Crippen LogP contribution < -0.4 is 5.73 Å². The van der Waals surface area contributed by atoms with Gasteiger partial charge in [0.1, 0.15) is 0 Å². The topological polar surface area (TPSA) is 46.3 Å². The summed E-state index contributed by atoms with van der Waals surface area (Å²) in [5.74, 6) is -0.0357. The first-order valence-electron chi connectivity index (χ1n) is 5.58. The van der Waals surface area contributed by atoms with Crippen molar-refractivity contribution in [3.8, 4) is 0 Å². The van der Waals surface area contributed by atoms with E-state index in [0.29, 0.717) is 17.1 Å². The highest BCUT2D eigenvalue weighted by Gasteiger charge is 2.23. The Bertz CT molecular complexity index is 442. The molecule has 6 heteroatoms. The van der Waals surface area contributed by atoms with E-state index in [1.807, 2.05) is 6.07 Å². The molecular formula is C12H15BrCl2N2O. The first-order valence-corrected chi connectivity index (χ1v) is 6.75. The molecule has 0 radical (unpaired) electrons. The Morgan fingerprint density at radius 2 is 2.22 bits per heavy atom. The maximum atomic E-state index is 12.3. The summed E-state index contributed by atoms with van der Waals surface area (Å²) in [5, 5.41) is 0.484. The summed E-state index contributed by atoms with van der Waals surface area (Å²) >= 11 is 9.39. The quantitative estimate of drug-likeness (QED) is 0.843. The number of carbonyl (C=O) groups excluding carboxylic acids is 1.